The van der Waals surface area contributed by atoms with Gasteiger partial charge in [-0.1, -0.05) is 29.8 Å². The molecule has 1 N–H and O–H groups in total. The normalized spacial score (nSPS) is 13.6. The van der Waals surface area contributed by atoms with Crippen LogP contribution in [-0.2, 0) is 30.3 Å². The SMILES string of the molecule is COC(=O)CC1N=C(c2ccc(Cl)cc2)c2c(sc(C(=O)CCCOCCOCCNC(=O)Cn3c(=O)n(C(C)c4ccccn4)c4c5cc(OC)c(-c6c(C)coc6C)cc5ncc43)c2C)-n2c(C)nnc21. The largest absolute Gasteiger partial charge is 0.496 e. The maximum absolute atomic E-state index is 14.4. The van der Waals surface area contributed by atoms with Gasteiger partial charge in [0.1, 0.15) is 34.9 Å². The van der Waals surface area contributed by atoms with Gasteiger partial charge in [-0.2, -0.15) is 0 Å². The number of halogens is 1. The molecular weight excluding hydrogens is 974 g/mol. The third kappa shape index (κ3) is 10.1. The zero-order chi connectivity index (χ0) is 51.5. The van der Waals surface area contributed by atoms with Crippen LogP contribution in [0.3, 0.4) is 0 Å². The summed E-state index contributed by atoms with van der Waals surface area (Å²) in [7, 11) is 2.93. The van der Waals surface area contributed by atoms with Gasteiger partial charge in [0.25, 0.3) is 0 Å². The van der Waals surface area contributed by atoms with Crippen LogP contribution >= 0.6 is 22.9 Å². The number of aliphatic imine (C=N–C) groups is 1. The Hall–Kier alpha value is -7.32. The second-order valence-electron chi connectivity index (χ2n) is 17.6. The van der Waals surface area contributed by atoms with Gasteiger partial charge in [0.05, 0.1) is 91.8 Å². The zero-order valence-electron chi connectivity index (χ0n) is 41.5. The summed E-state index contributed by atoms with van der Waals surface area (Å²) in [4.78, 5) is 69.2. The number of ether oxygens (including phenoxy) is 4. The molecule has 7 heterocycles. The van der Waals surface area contributed by atoms with E-state index in [2.05, 4.69) is 20.5 Å². The van der Waals surface area contributed by atoms with Crippen molar-refractivity contribution in [2.75, 3.05) is 47.2 Å². The third-order valence-electron chi connectivity index (χ3n) is 12.9. The van der Waals surface area contributed by atoms with Crippen LogP contribution in [0, 0.1) is 27.7 Å². The van der Waals surface area contributed by atoms with E-state index in [0.717, 1.165) is 44.1 Å². The molecule has 0 bridgehead atoms. The molecule has 0 saturated carbocycles. The Bertz CT molecular complexity index is 3450. The van der Waals surface area contributed by atoms with E-state index in [0.29, 0.717) is 73.7 Å². The minimum Gasteiger partial charge on any atom is -0.496 e. The number of furan rings is 1. The van der Waals surface area contributed by atoms with Crippen LogP contribution in [0.1, 0.15) is 93.3 Å². The van der Waals surface area contributed by atoms with E-state index >= 15 is 0 Å². The molecule has 73 heavy (non-hydrogen) atoms. The summed E-state index contributed by atoms with van der Waals surface area (Å²) >= 11 is 7.60. The summed E-state index contributed by atoms with van der Waals surface area (Å²) in [5, 5.41) is 13.6. The number of imidazole rings is 1. The van der Waals surface area contributed by atoms with Gasteiger partial charge in [0.15, 0.2) is 11.6 Å². The highest BCUT2D eigenvalue weighted by molar-refractivity contribution is 7.17. The number of aryl methyl sites for hydroxylation is 3. The van der Waals surface area contributed by atoms with Gasteiger partial charge in [-0.15, -0.1) is 21.5 Å². The molecule has 2 unspecified atom stereocenters. The Balaban J connectivity index is 0.803. The maximum Gasteiger partial charge on any atom is 0.330 e. The Kier molecular flexibility index (Phi) is 15.1. The molecule has 0 fully saturated rings. The minimum absolute atomic E-state index is 0.0375. The summed E-state index contributed by atoms with van der Waals surface area (Å²) in [6.45, 7) is 10.6. The van der Waals surface area contributed by atoms with Crippen molar-refractivity contribution in [3.63, 3.8) is 0 Å². The summed E-state index contributed by atoms with van der Waals surface area (Å²) in [6.07, 6.45) is 5.71. The van der Waals surface area contributed by atoms with Gasteiger partial charge in [0.2, 0.25) is 5.91 Å². The van der Waals surface area contributed by atoms with Crippen molar-refractivity contribution in [2.45, 2.75) is 72.5 Å². The molecule has 6 aromatic heterocycles. The van der Waals surface area contributed by atoms with Crippen molar-refractivity contribution < 1.29 is 37.7 Å². The molecule has 378 valence electrons. The number of nitrogens with zero attached hydrogens (tertiary/aromatic N) is 8. The lowest BCUT2D eigenvalue weighted by Crippen LogP contribution is -2.35. The van der Waals surface area contributed by atoms with Crippen LogP contribution in [0.25, 0.3) is 38.1 Å². The molecule has 20 heteroatoms. The fourth-order valence-electron chi connectivity index (χ4n) is 9.34. The maximum atomic E-state index is 14.4. The van der Waals surface area contributed by atoms with Crippen molar-refractivity contribution in [3.8, 4) is 21.9 Å². The fourth-order valence-corrected chi connectivity index (χ4v) is 10.8. The Morgan fingerprint density at radius 2 is 1.73 bits per heavy atom. The molecule has 0 aliphatic carbocycles. The lowest BCUT2D eigenvalue weighted by Gasteiger charge is -2.15. The number of nitrogens with one attached hydrogen (secondary N) is 1. The lowest BCUT2D eigenvalue weighted by atomic mass is 9.98. The van der Waals surface area contributed by atoms with Crippen LogP contribution in [0.2, 0.25) is 5.02 Å². The third-order valence-corrected chi connectivity index (χ3v) is 14.5. The highest BCUT2D eigenvalue weighted by Gasteiger charge is 2.34. The average molecular weight is 1030 g/mol. The number of thiophene rings is 1. The first kappa shape index (κ1) is 50.6. The monoisotopic (exact) mass is 1030 g/mol. The van der Waals surface area contributed by atoms with Crippen LogP contribution < -0.4 is 15.7 Å². The first-order chi connectivity index (χ1) is 35.3. The molecule has 1 amide bonds. The van der Waals surface area contributed by atoms with Crippen LogP contribution in [-0.4, -0.2) is 104 Å². The fraction of sp³-hybridized carbons (Fsp3) is 0.340. The molecular formula is C53H54ClN9O9S. The number of carbonyl (C=O) groups is 3. The standard InChI is InChI=1S/C53H54ClN9O9S/c1-29-28-72-32(4)46(29)37-23-39-36(24-43(37)68-6)49-41(26-57-39)61(53(67)62(49)31(3)38-11-8-9-17-55-38)27-44(65)56-18-20-71-22-21-70-19-10-12-42(64)50-30(2)47-48(34-13-15-35(54)16-14-34)58-40(25-45(66)69-7)51-60-59-33(5)63(51)52(47)73-50/h8-9,11,13-17,23-24,26,28,31,40H,10,12,18-22,25,27H2,1-7H3,(H,56,65). The number of fused-ring (bicyclic) bond motifs is 6. The topological polar surface area (TPSA) is 209 Å². The van der Waals surface area contributed by atoms with E-state index in [4.69, 9.17) is 44.9 Å². The number of benzene rings is 2. The Morgan fingerprint density at radius 1 is 0.945 bits per heavy atom. The quantitative estimate of drug-likeness (QED) is 0.0432. The molecule has 0 radical (unpaired) electrons. The molecule has 0 spiro atoms. The van der Waals surface area contributed by atoms with Gasteiger partial charge >= 0.3 is 11.7 Å². The smallest absolute Gasteiger partial charge is 0.330 e. The number of hydrogen-bond donors (Lipinski definition) is 1. The van der Waals surface area contributed by atoms with Gasteiger partial charge in [-0.3, -0.25) is 43.0 Å². The Morgan fingerprint density at radius 3 is 2.44 bits per heavy atom. The van der Waals surface area contributed by atoms with Crippen molar-refractivity contribution in [1.29, 1.82) is 0 Å². The number of pyridine rings is 2. The summed E-state index contributed by atoms with van der Waals surface area (Å²) in [5.41, 5.74) is 7.63. The van der Waals surface area contributed by atoms with Gasteiger partial charge in [-0.25, -0.2) is 4.79 Å². The van der Waals surface area contributed by atoms with Gasteiger partial charge in [0, 0.05) is 58.4 Å². The molecule has 2 aromatic carbocycles. The van der Waals surface area contributed by atoms with E-state index in [1.54, 1.807) is 42.5 Å². The van der Waals surface area contributed by atoms with Crippen LogP contribution in [0.15, 0.2) is 87.5 Å². The molecule has 9 rings (SSSR count). The first-order valence-corrected chi connectivity index (χ1v) is 25.0. The molecule has 1 aliphatic rings. The van der Waals surface area contributed by atoms with E-state index in [-0.39, 0.29) is 63.1 Å². The van der Waals surface area contributed by atoms with Gasteiger partial charge in [-0.05, 0) is 88.6 Å². The van der Waals surface area contributed by atoms with Crippen LogP contribution in [0.4, 0.5) is 0 Å². The van der Waals surface area contributed by atoms with Crippen LogP contribution in [0.5, 0.6) is 5.75 Å². The summed E-state index contributed by atoms with van der Waals surface area (Å²) in [5.74, 6) is 1.56. The first-order valence-electron chi connectivity index (χ1n) is 23.8. The second kappa shape index (κ2) is 21.8. The number of rotatable bonds is 20. The van der Waals surface area contributed by atoms with Crippen molar-refractivity contribution >= 4 is 68.2 Å². The second-order valence-corrected chi connectivity index (χ2v) is 19.1. The molecule has 18 nitrogen and oxygen atoms in total. The highest BCUT2D eigenvalue weighted by Crippen LogP contribution is 2.42. The molecule has 1 aliphatic heterocycles. The molecule has 0 saturated heterocycles. The number of Topliss-reactive ketones (excluding diaryl/α,β-unsaturated/α-hetero) is 1. The van der Waals surface area contributed by atoms with Gasteiger partial charge < -0.3 is 28.7 Å². The zero-order valence-corrected chi connectivity index (χ0v) is 43.1. The Labute approximate surface area is 429 Å². The molecule has 2 atom stereocenters. The van der Waals surface area contributed by atoms with E-state index in [1.807, 2.05) is 81.7 Å². The predicted octanol–water partition coefficient (Wildman–Crippen LogP) is 8.42. The summed E-state index contributed by atoms with van der Waals surface area (Å²) in [6, 6.07) is 15.5. The number of esters is 1. The number of carbonyl (C=O) groups excluding carboxylic acids is 3. The van der Waals surface area contributed by atoms with Crippen molar-refractivity contribution in [2.24, 2.45) is 4.99 Å². The predicted molar refractivity (Wildman–Crippen MR) is 277 cm³/mol. The van der Waals surface area contributed by atoms with Crippen molar-refractivity contribution in [3.05, 3.63) is 139 Å². The minimum atomic E-state index is -0.674. The molecule has 8 aromatic rings. The number of hydrogen-bond acceptors (Lipinski definition) is 15. The highest BCUT2D eigenvalue weighted by atomic mass is 35.5. The number of methoxy groups -OCH3 is 2. The van der Waals surface area contributed by atoms with Crippen molar-refractivity contribution in [1.82, 2.24) is 39.2 Å². The number of ketones is 1. The number of amides is 1. The van der Waals surface area contributed by atoms with E-state index in [1.165, 1.54) is 23.0 Å². The van der Waals surface area contributed by atoms with E-state index < -0.39 is 18.1 Å². The average Bonchev–Trinajstić information content (AvgIpc) is 4.10. The number of aromatic nitrogens is 7. The van der Waals surface area contributed by atoms with E-state index in [9.17, 15) is 19.2 Å². The lowest BCUT2D eigenvalue weighted by molar-refractivity contribution is -0.141. The summed E-state index contributed by atoms with van der Waals surface area (Å²) < 4.78 is 33.2.